The zero-order valence-electron chi connectivity index (χ0n) is 16.2. The highest BCUT2D eigenvalue weighted by molar-refractivity contribution is 5.90. The maximum absolute atomic E-state index is 11.3. The molecule has 1 aliphatic heterocycles. The summed E-state index contributed by atoms with van der Waals surface area (Å²) in [4.78, 5) is 27.2. The molecule has 4 rings (SSSR count). The monoisotopic (exact) mass is 393 g/mol. The predicted molar refractivity (Wildman–Crippen MR) is 107 cm³/mol. The van der Waals surface area contributed by atoms with E-state index in [1.165, 1.54) is 6.07 Å². The van der Waals surface area contributed by atoms with E-state index in [2.05, 4.69) is 19.9 Å². The molecule has 1 aromatic carbocycles. The molecule has 3 heterocycles. The molecular formula is C21H23N5O3. The second-order valence-corrected chi connectivity index (χ2v) is 7.38. The van der Waals surface area contributed by atoms with Gasteiger partial charge in [0.1, 0.15) is 17.0 Å². The maximum atomic E-state index is 11.3. The number of benzene rings is 1. The minimum Gasteiger partial charge on any atom is -0.507 e. The molecular weight excluding hydrogens is 370 g/mol. The van der Waals surface area contributed by atoms with Gasteiger partial charge in [0.2, 0.25) is 0 Å². The van der Waals surface area contributed by atoms with Crippen molar-refractivity contribution in [2.75, 3.05) is 13.1 Å². The number of rotatable bonds is 5. The average molecular weight is 393 g/mol. The number of hydrogen-bond donors (Lipinski definition) is 2. The number of carbonyl (C=O) groups is 1. The van der Waals surface area contributed by atoms with Gasteiger partial charge in [0.25, 0.3) is 0 Å². The molecule has 0 bridgehead atoms. The summed E-state index contributed by atoms with van der Waals surface area (Å²) >= 11 is 0. The average Bonchev–Trinajstić information content (AvgIpc) is 3.15. The lowest BCUT2D eigenvalue weighted by molar-refractivity contribution is 0.0693. The van der Waals surface area contributed by atoms with E-state index in [4.69, 9.17) is 0 Å². The molecule has 1 atom stereocenters. The van der Waals surface area contributed by atoms with Crippen molar-refractivity contribution in [1.82, 2.24) is 24.4 Å². The Balaban J connectivity index is 1.55. The third-order valence-corrected chi connectivity index (χ3v) is 5.35. The van der Waals surface area contributed by atoms with Crippen LogP contribution in [-0.2, 0) is 13.6 Å². The number of imidazole rings is 1. The lowest BCUT2D eigenvalue weighted by Crippen LogP contribution is -2.34. The lowest BCUT2D eigenvalue weighted by Gasteiger charge is -2.33. The van der Waals surface area contributed by atoms with E-state index in [9.17, 15) is 15.0 Å². The number of aryl methyl sites for hydroxylation is 1. The van der Waals surface area contributed by atoms with Crippen LogP contribution < -0.4 is 0 Å². The van der Waals surface area contributed by atoms with E-state index in [0.29, 0.717) is 6.54 Å². The van der Waals surface area contributed by atoms with Crippen LogP contribution in [0.2, 0.25) is 0 Å². The van der Waals surface area contributed by atoms with Crippen LogP contribution in [0.15, 0.2) is 43.0 Å². The molecule has 1 fully saturated rings. The number of aromatic carboxylic acids is 1. The topological polar surface area (TPSA) is 104 Å². The molecule has 1 aliphatic rings. The Hall–Kier alpha value is -3.26. The van der Waals surface area contributed by atoms with E-state index >= 15 is 0 Å². The SMILES string of the molecule is Cn1ccnc1-c1nccnc1[C@@H]1CCCN(Cc2ccc(O)c(C(=O)O)c2)C1. The van der Waals surface area contributed by atoms with Gasteiger partial charge in [-0.05, 0) is 37.1 Å². The van der Waals surface area contributed by atoms with Crippen molar-refractivity contribution < 1.29 is 15.0 Å². The number of aromatic hydroxyl groups is 1. The summed E-state index contributed by atoms with van der Waals surface area (Å²) in [5, 5.41) is 19.0. The molecule has 0 saturated carbocycles. The van der Waals surface area contributed by atoms with Gasteiger partial charge in [-0.15, -0.1) is 0 Å². The van der Waals surface area contributed by atoms with Crippen LogP contribution in [0.4, 0.5) is 0 Å². The number of nitrogens with zero attached hydrogens (tertiary/aromatic N) is 5. The molecule has 2 N–H and O–H groups in total. The minimum absolute atomic E-state index is 0.0675. The quantitative estimate of drug-likeness (QED) is 0.687. The summed E-state index contributed by atoms with van der Waals surface area (Å²) in [6.07, 6.45) is 9.10. The van der Waals surface area contributed by atoms with E-state index in [1.807, 2.05) is 17.8 Å². The lowest BCUT2D eigenvalue weighted by atomic mass is 9.92. The van der Waals surface area contributed by atoms with Crippen molar-refractivity contribution in [1.29, 1.82) is 0 Å². The van der Waals surface area contributed by atoms with Gasteiger partial charge in [-0.25, -0.2) is 14.8 Å². The fourth-order valence-corrected chi connectivity index (χ4v) is 3.95. The second-order valence-electron chi connectivity index (χ2n) is 7.38. The highest BCUT2D eigenvalue weighted by Gasteiger charge is 2.26. The second kappa shape index (κ2) is 8.00. The molecule has 0 spiro atoms. The van der Waals surface area contributed by atoms with E-state index in [-0.39, 0.29) is 17.2 Å². The normalized spacial score (nSPS) is 17.3. The maximum Gasteiger partial charge on any atom is 0.339 e. The Labute approximate surface area is 168 Å². The van der Waals surface area contributed by atoms with Crippen molar-refractivity contribution in [2.45, 2.75) is 25.3 Å². The van der Waals surface area contributed by atoms with Gasteiger partial charge >= 0.3 is 5.97 Å². The molecule has 0 amide bonds. The third-order valence-electron chi connectivity index (χ3n) is 5.35. The molecule has 0 aliphatic carbocycles. The Morgan fingerprint density at radius 2 is 2.03 bits per heavy atom. The molecule has 2 aromatic heterocycles. The molecule has 8 nitrogen and oxygen atoms in total. The molecule has 150 valence electrons. The Bertz CT molecular complexity index is 1030. The highest BCUT2D eigenvalue weighted by Crippen LogP contribution is 2.31. The highest BCUT2D eigenvalue weighted by atomic mass is 16.4. The van der Waals surface area contributed by atoms with Crippen molar-refractivity contribution in [3.8, 4) is 17.3 Å². The minimum atomic E-state index is -1.12. The van der Waals surface area contributed by atoms with Gasteiger partial charge in [0, 0.05) is 50.8 Å². The zero-order chi connectivity index (χ0) is 20.4. The largest absolute Gasteiger partial charge is 0.507 e. The van der Waals surface area contributed by atoms with Crippen molar-refractivity contribution in [3.63, 3.8) is 0 Å². The van der Waals surface area contributed by atoms with Crippen LogP contribution >= 0.6 is 0 Å². The van der Waals surface area contributed by atoms with Crippen LogP contribution in [0.5, 0.6) is 5.75 Å². The van der Waals surface area contributed by atoms with Crippen LogP contribution in [0.3, 0.4) is 0 Å². The van der Waals surface area contributed by atoms with Crippen molar-refractivity contribution in [3.05, 3.63) is 59.8 Å². The molecule has 29 heavy (non-hydrogen) atoms. The Morgan fingerprint density at radius 1 is 1.21 bits per heavy atom. The number of likely N-dealkylation sites (tertiary alicyclic amines) is 1. The molecule has 0 unspecified atom stereocenters. The van der Waals surface area contributed by atoms with Gasteiger partial charge in [-0.3, -0.25) is 9.88 Å². The smallest absolute Gasteiger partial charge is 0.339 e. The van der Waals surface area contributed by atoms with Crippen LogP contribution in [0.1, 0.15) is 40.4 Å². The van der Waals surface area contributed by atoms with Crippen LogP contribution in [-0.4, -0.2) is 53.7 Å². The summed E-state index contributed by atoms with van der Waals surface area (Å²) in [5.74, 6) is -0.313. The van der Waals surface area contributed by atoms with E-state index in [0.717, 1.165) is 48.7 Å². The first-order valence-corrected chi connectivity index (χ1v) is 9.59. The van der Waals surface area contributed by atoms with E-state index < -0.39 is 5.97 Å². The number of phenols is 1. The predicted octanol–water partition coefficient (Wildman–Crippen LogP) is 2.66. The molecule has 8 heteroatoms. The first-order chi connectivity index (χ1) is 14.0. The summed E-state index contributed by atoms with van der Waals surface area (Å²) in [7, 11) is 1.94. The van der Waals surface area contributed by atoms with Gasteiger partial charge in [-0.2, -0.15) is 0 Å². The first kappa shape index (κ1) is 19.1. The fourth-order valence-electron chi connectivity index (χ4n) is 3.95. The van der Waals surface area contributed by atoms with Gasteiger partial charge in [-0.1, -0.05) is 6.07 Å². The van der Waals surface area contributed by atoms with Gasteiger partial charge < -0.3 is 14.8 Å². The number of hydrogen-bond acceptors (Lipinski definition) is 6. The third kappa shape index (κ3) is 3.97. The zero-order valence-corrected chi connectivity index (χ0v) is 16.2. The summed E-state index contributed by atoms with van der Waals surface area (Å²) in [6.45, 7) is 2.35. The standard InChI is InChI=1S/C21H23N5O3/c1-25-10-8-24-20(25)19-18(22-6-7-23-19)15-3-2-9-26(13-15)12-14-4-5-17(27)16(11-14)21(28)29/h4-8,10-11,15,27H,2-3,9,12-13H2,1H3,(H,28,29)/t15-/m1/s1. The first-order valence-electron chi connectivity index (χ1n) is 9.59. The van der Waals surface area contributed by atoms with Crippen molar-refractivity contribution in [2.24, 2.45) is 7.05 Å². The van der Waals surface area contributed by atoms with Gasteiger partial charge in [0.15, 0.2) is 5.82 Å². The number of carboxylic acids is 1. The van der Waals surface area contributed by atoms with Crippen LogP contribution in [0, 0.1) is 0 Å². The number of piperidine rings is 1. The van der Waals surface area contributed by atoms with Crippen LogP contribution in [0.25, 0.3) is 11.5 Å². The Kier molecular flexibility index (Phi) is 5.26. The summed E-state index contributed by atoms with van der Waals surface area (Å²) in [5.41, 5.74) is 2.56. The number of aromatic nitrogens is 4. The summed E-state index contributed by atoms with van der Waals surface area (Å²) in [6, 6.07) is 4.76. The molecule has 3 aromatic rings. The molecule has 0 radical (unpaired) electrons. The summed E-state index contributed by atoms with van der Waals surface area (Å²) < 4.78 is 1.94. The van der Waals surface area contributed by atoms with Crippen molar-refractivity contribution >= 4 is 5.97 Å². The Morgan fingerprint density at radius 3 is 2.79 bits per heavy atom. The van der Waals surface area contributed by atoms with E-state index in [1.54, 1.807) is 30.7 Å². The molecule has 1 saturated heterocycles. The van der Waals surface area contributed by atoms with Gasteiger partial charge in [0.05, 0.1) is 5.69 Å². The number of carboxylic acid groups (broad SMARTS) is 1. The fraction of sp³-hybridized carbons (Fsp3) is 0.333.